The number of hydrogen-bond acceptors (Lipinski definition) is 3. The molecule has 1 atom stereocenters. The number of aliphatic hydroxyl groups is 1. The quantitative estimate of drug-likeness (QED) is 0.0563. The van der Waals surface area contributed by atoms with Crippen molar-refractivity contribution in [1.82, 2.24) is 0 Å². The largest absolute Gasteiger partial charge is 0.466 e. The van der Waals surface area contributed by atoms with Gasteiger partial charge in [-0.05, 0) is 25.7 Å². The van der Waals surface area contributed by atoms with Gasteiger partial charge in [0.1, 0.15) is 0 Å². The molecular weight excluding hydrogens is 528 g/mol. The normalized spacial score (nSPS) is 12.2. The van der Waals surface area contributed by atoms with Gasteiger partial charge in [-0.1, -0.05) is 206 Å². The smallest absolute Gasteiger partial charge is 0.305 e. The molecule has 0 heterocycles. The van der Waals surface area contributed by atoms with E-state index in [0.717, 1.165) is 25.7 Å². The maximum absolute atomic E-state index is 12.0. The average molecular weight is 609 g/mol. The van der Waals surface area contributed by atoms with Gasteiger partial charge in [0, 0.05) is 6.42 Å². The molecule has 0 saturated heterocycles. The Labute approximate surface area is 271 Å². The number of rotatable bonds is 37. The van der Waals surface area contributed by atoms with Gasteiger partial charge in [-0.15, -0.1) is 0 Å². The lowest BCUT2D eigenvalue weighted by Gasteiger charge is -2.10. The third-order valence-electron chi connectivity index (χ3n) is 9.32. The Hall–Kier alpha value is -0.570. The van der Waals surface area contributed by atoms with E-state index in [1.807, 2.05) is 0 Å². The van der Waals surface area contributed by atoms with E-state index in [4.69, 9.17) is 4.74 Å². The highest BCUT2D eigenvalue weighted by Gasteiger charge is 2.04. The fraction of sp³-hybridized carbons (Fsp3) is 0.975. The number of carbonyl (C=O) groups is 1. The van der Waals surface area contributed by atoms with Crippen molar-refractivity contribution in [2.45, 2.75) is 245 Å². The molecule has 0 unspecified atom stereocenters. The fourth-order valence-corrected chi connectivity index (χ4v) is 6.28. The second kappa shape index (κ2) is 37.6. The number of aliphatic hydroxyl groups excluding tert-OH is 1. The zero-order valence-corrected chi connectivity index (χ0v) is 29.8. The monoisotopic (exact) mass is 609 g/mol. The summed E-state index contributed by atoms with van der Waals surface area (Å²) >= 11 is 0. The predicted octanol–water partition coefficient (Wildman–Crippen LogP) is 13.6. The highest BCUT2D eigenvalue weighted by Crippen LogP contribution is 2.16. The molecule has 0 amide bonds. The molecule has 0 fully saturated rings. The van der Waals surface area contributed by atoms with Crippen LogP contribution in [-0.4, -0.2) is 23.8 Å². The van der Waals surface area contributed by atoms with Crippen LogP contribution in [0, 0.1) is 0 Å². The van der Waals surface area contributed by atoms with Crippen molar-refractivity contribution in [1.29, 1.82) is 0 Å². The number of hydrogen-bond donors (Lipinski definition) is 1. The summed E-state index contributed by atoms with van der Waals surface area (Å²) in [5.41, 5.74) is 0. The maximum Gasteiger partial charge on any atom is 0.305 e. The van der Waals surface area contributed by atoms with Crippen molar-refractivity contribution in [2.75, 3.05) is 6.61 Å². The van der Waals surface area contributed by atoms with Crippen LogP contribution in [0.25, 0.3) is 0 Å². The molecule has 1 N–H and O–H groups in total. The van der Waals surface area contributed by atoms with Crippen molar-refractivity contribution in [2.24, 2.45) is 0 Å². The average Bonchev–Trinajstić information content (AvgIpc) is 3.01. The van der Waals surface area contributed by atoms with E-state index in [9.17, 15) is 9.90 Å². The van der Waals surface area contributed by atoms with Crippen LogP contribution in [-0.2, 0) is 9.53 Å². The van der Waals surface area contributed by atoms with Gasteiger partial charge in [0.25, 0.3) is 0 Å². The molecule has 0 aromatic heterocycles. The van der Waals surface area contributed by atoms with Crippen molar-refractivity contribution >= 4 is 5.97 Å². The maximum atomic E-state index is 12.0. The lowest BCUT2D eigenvalue weighted by atomic mass is 10.0. The topological polar surface area (TPSA) is 46.5 Å². The second-order valence-electron chi connectivity index (χ2n) is 13.8. The molecule has 0 aromatic carbocycles. The number of unbranched alkanes of at least 4 members (excludes halogenated alkanes) is 29. The molecule has 0 aliphatic heterocycles. The van der Waals surface area contributed by atoms with E-state index < -0.39 is 0 Å². The van der Waals surface area contributed by atoms with Crippen LogP contribution < -0.4 is 0 Å². The summed E-state index contributed by atoms with van der Waals surface area (Å²) < 4.78 is 5.45. The fourth-order valence-electron chi connectivity index (χ4n) is 6.28. The van der Waals surface area contributed by atoms with Gasteiger partial charge in [0.05, 0.1) is 12.7 Å². The van der Waals surface area contributed by atoms with E-state index in [-0.39, 0.29) is 12.1 Å². The Balaban J connectivity index is 3.19. The molecular formula is C40H80O3. The van der Waals surface area contributed by atoms with Crippen LogP contribution in [0.1, 0.15) is 239 Å². The van der Waals surface area contributed by atoms with Crippen LogP contribution in [0.5, 0.6) is 0 Å². The van der Waals surface area contributed by atoms with Crippen molar-refractivity contribution < 1.29 is 14.6 Å². The standard InChI is InChI=1S/C40H80O3/c1-3-5-7-9-10-11-12-13-14-15-16-17-18-19-20-23-26-29-33-37-40(42)43-38-34-30-27-24-21-22-25-28-32-36-39(41)35-31-8-6-4-2/h39,41H,3-38H2,1-2H3/t39-/m0/s1. The summed E-state index contributed by atoms with van der Waals surface area (Å²) in [5, 5.41) is 10.0. The molecule has 0 rings (SSSR count). The Morgan fingerprint density at radius 2 is 0.698 bits per heavy atom. The summed E-state index contributed by atoms with van der Waals surface area (Å²) in [6, 6.07) is 0. The number of esters is 1. The van der Waals surface area contributed by atoms with Gasteiger partial charge < -0.3 is 9.84 Å². The summed E-state index contributed by atoms with van der Waals surface area (Å²) in [6.07, 6.45) is 44.9. The Morgan fingerprint density at radius 1 is 0.419 bits per heavy atom. The van der Waals surface area contributed by atoms with Gasteiger partial charge in [-0.25, -0.2) is 0 Å². The van der Waals surface area contributed by atoms with E-state index in [1.54, 1.807) is 0 Å². The summed E-state index contributed by atoms with van der Waals surface area (Å²) in [4.78, 5) is 12.0. The zero-order valence-electron chi connectivity index (χ0n) is 29.8. The van der Waals surface area contributed by atoms with Gasteiger partial charge in [0.2, 0.25) is 0 Å². The minimum Gasteiger partial charge on any atom is -0.466 e. The van der Waals surface area contributed by atoms with E-state index >= 15 is 0 Å². The molecule has 0 saturated carbocycles. The first-order chi connectivity index (χ1) is 21.2. The van der Waals surface area contributed by atoms with Crippen LogP contribution in [0.2, 0.25) is 0 Å². The molecule has 0 radical (unpaired) electrons. The van der Waals surface area contributed by atoms with Gasteiger partial charge in [-0.3, -0.25) is 4.79 Å². The Morgan fingerprint density at radius 3 is 1.07 bits per heavy atom. The molecule has 43 heavy (non-hydrogen) atoms. The van der Waals surface area contributed by atoms with Crippen molar-refractivity contribution in [3.63, 3.8) is 0 Å². The molecule has 0 aliphatic rings. The lowest BCUT2D eigenvalue weighted by molar-refractivity contribution is -0.143. The minimum absolute atomic E-state index is 0.0121. The molecule has 3 heteroatoms. The van der Waals surface area contributed by atoms with Gasteiger partial charge >= 0.3 is 5.97 Å². The van der Waals surface area contributed by atoms with E-state index in [2.05, 4.69) is 13.8 Å². The SMILES string of the molecule is CCCCCCCCCCCCCCCCCCCCCC(=O)OCCCCCCCCCCC[C@@H](O)CCCCCC. The Bertz CT molecular complexity index is 520. The summed E-state index contributed by atoms with van der Waals surface area (Å²) in [6.45, 7) is 5.14. The van der Waals surface area contributed by atoms with Crippen LogP contribution in [0.3, 0.4) is 0 Å². The number of ether oxygens (including phenoxy) is 1. The van der Waals surface area contributed by atoms with Crippen molar-refractivity contribution in [3.05, 3.63) is 0 Å². The molecule has 258 valence electrons. The summed E-state index contributed by atoms with van der Waals surface area (Å²) in [7, 11) is 0. The second-order valence-corrected chi connectivity index (χ2v) is 13.8. The van der Waals surface area contributed by atoms with Crippen LogP contribution in [0.4, 0.5) is 0 Å². The molecule has 0 aromatic rings. The third kappa shape index (κ3) is 37.5. The molecule has 0 bridgehead atoms. The number of carbonyl (C=O) groups excluding carboxylic acids is 1. The van der Waals surface area contributed by atoms with Crippen LogP contribution in [0.15, 0.2) is 0 Å². The molecule has 3 nitrogen and oxygen atoms in total. The van der Waals surface area contributed by atoms with Crippen molar-refractivity contribution in [3.8, 4) is 0 Å². The first kappa shape index (κ1) is 42.4. The third-order valence-corrected chi connectivity index (χ3v) is 9.32. The highest BCUT2D eigenvalue weighted by molar-refractivity contribution is 5.69. The minimum atomic E-state index is -0.0699. The zero-order chi connectivity index (χ0) is 31.3. The highest BCUT2D eigenvalue weighted by atomic mass is 16.5. The van der Waals surface area contributed by atoms with E-state index in [0.29, 0.717) is 13.0 Å². The Kier molecular flexibility index (Phi) is 37.1. The van der Waals surface area contributed by atoms with E-state index in [1.165, 1.54) is 193 Å². The first-order valence-electron chi connectivity index (χ1n) is 20.0. The predicted molar refractivity (Wildman–Crippen MR) is 190 cm³/mol. The molecule has 0 aliphatic carbocycles. The van der Waals surface area contributed by atoms with Gasteiger partial charge in [-0.2, -0.15) is 0 Å². The first-order valence-corrected chi connectivity index (χ1v) is 20.0. The van der Waals surface area contributed by atoms with Crippen LogP contribution >= 0.6 is 0 Å². The van der Waals surface area contributed by atoms with Gasteiger partial charge in [0.15, 0.2) is 0 Å². The lowest BCUT2D eigenvalue weighted by Crippen LogP contribution is -2.05. The molecule has 0 spiro atoms. The summed E-state index contributed by atoms with van der Waals surface area (Å²) in [5.74, 6) is 0.0121.